The highest BCUT2D eigenvalue weighted by molar-refractivity contribution is 7.80. The molecule has 8 heteroatoms. The molecular weight excluding hydrogens is 405 g/mol. The number of benzene rings is 2. The molecule has 2 heterocycles. The van der Waals surface area contributed by atoms with Crippen LogP contribution in [0.2, 0.25) is 10.0 Å². The summed E-state index contributed by atoms with van der Waals surface area (Å²) in [4.78, 5) is 4.56. The fourth-order valence-electron chi connectivity index (χ4n) is 3.19. The highest BCUT2D eigenvalue weighted by Crippen LogP contribution is 2.33. The quantitative estimate of drug-likeness (QED) is 0.744. The Morgan fingerprint density at radius 1 is 1.00 bits per heavy atom. The van der Waals surface area contributed by atoms with Crippen LogP contribution in [0, 0.1) is 0 Å². The van der Waals surface area contributed by atoms with E-state index in [0.717, 1.165) is 49.9 Å². The molecule has 2 aliphatic rings. The van der Waals surface area contributed by atoms with Crippen LogP contribution in [-0.4, -0.2) is 47.9 Å². The number of piperazine rings is 1. The van der Waals surface area contributed by atoms with Gasteiger partial charge in [-0.25, -0.2) is 0 Å². The number of hydrogen-bond acceptors (Lipinski definition) is 4. The number of hydrogen-bond donors (Lipinski definition) is 1. The van der Waals surface area contributed by atoms with E-state index in [2.05, 4.69) is 27.2 Å². The molecule has 0 radical (unpaired) electrons. The van der Waals surface area contributed by atoms with Crippen molar-refractivity contribution in [3.63, 3.8) is 0 Å². The smallest absolute Gasteiger partial charge is 0.231 e. The van der Waals surface area contributed by atoms with Gasteiger partial charge in [0.1, 0.15) is 0 Å². The van der Waals surface area contributed by atoms with Crippen LogP contribution in [0.1, 0.15) is 5.56 Å². The largest absolute Gasteiger partial charge is 0.454 e. The van der Waals surface area contributed by atoms with Crippen LogP contribution in [0.4, 0.5) is 5.69 Å². The third-order valence-corrected chi connectivity index (χ3v) is 5.60. The lowest BCUT2D eigenvalue weighted by Crippen LogP contribution is -2.49. The van der Waals surface area contributed by atoms with Gasteiger partial charge in [0.2, 0.25) is 6.79 Å². The van der Waals surface area contributed by atoms with Gasteiger partial charge in [-0.05, 0) is 48.1 Å². The van der Waals surface area contributed by atoms with Crippen LogP contribution >= 0.6 is 35.4 Å². The first-order valence-corrected chi connectivity index (χ1v) is 9.87. The monoisotopic (exact) mass is 423 g/mol. The number of thiocarbonyl (C=S) groups is 1. The zero-order valence-electron chi connectivity index (χ0n) is 14.6. The molecule has 27 heavy (non-hydrogen) atoms. The Morgan fingerprint density at radius 2 is 1.78 bits per heavy atom. The highest BCUT2D eigenvalue weighted by Gasteiger charge is 2.21. The molecule has 0 aliphatic carbocycles. The van der Waals surface area contributed by atoms with E-state index in [-0.39, 0.29) is 0 Å². The molecule has 4 rings (SSSR count). The predicted octanol–water partition coefficient (Wildman–Crippen LogP) is 4.24. The topological polar surface area (TPSA) is 37.0 Å². The van der Waals surface area contributed by atoms with Crippen molar-refractivity contribution in [2.75, 3.05) is 38.3 Å². The summed E-state index contributed by atoms with van der Waals surface area (Å²) in [5.74, 6) is 1.65. The Labute approximate surface area is 173 Å². The Kier molecular flexibility index (Phi) is 5.59. The summed E-state index contributed by atoms with van der Waals surface area (Å²) in [6.45, 7) is 4.76. The van der Waals surface area contributed by atoms with Gasteiger partial charge in [-0.15, -0.1) is 0 Å². The van der Waals surface area contributed by atoms with Gasteiger partial charge < -0.3 is 19.7 Å². The number of rotatable bonds is 3. The van der Waals surface area contributed by atoms with Gasteiger partial charge in [0, 0.05) is 37.7 Å². The minimum Gasteiger partial charge on any atom is -0.454 e. The maximum absolute atomic E-state index is 6.21. The maximum atomic E-state index is 6.21. The summed E-state index contributed by atoms with van der Waals surface area (Å²) >= 11 is 17.8. The van der Waals surface area contributed by atoms with Crippen molar-refractivity contribution in [2.45, 2.75) is 6.54 Å². The molecule has 0 saturated carbocycles. The second-order valence-electron chi connectivity index (χ2n) is 6.51. The average molecular weight is 424 g/mol. The standard InChI is InChI=1S/C19H19Cl2N3O2S/c20-14-2-3-15(21)16(10-14)22-19(27)24-7-5-23(6-8-24)11-13-1-4-17-18(9-13)26-12-25-17/h1-4,9-10H,5-8,11-12H2,(H,22,27). The molecule has 0 atom stereocenters. The van der Waals surface area contributed by atoms with Gasteiger partial charge >= 0.3 is 0 Å². The highest BCUT2D eigenvalue weighted by atomic mass is 35.5. The van der Waals surface area contributed by atoms with Crippen LogP contribution in [-0.2, 0) is 6.54 Å². The molecule has 142 valence electrons. The Balaban J connectivity index is 1.30. The van der Waals surface area contributed by atoms with Gasteiger partial charge in [0.15, 0.2) is 16.6 Å². The van der Waals surface area contributed by atoms with Crippen molar-refractivity contribution < 1.29 is 9.47 Å². The third kappa shape index (κ3) is 4.41. The molecule has 0 unspecified atom stereocenters. The fraction of sp³-hybridized carbons (Fsp3) is 0.316. The zero-order valence-corrected chi connectivity index (χ0v) is 16.9. The predicted molar refractivity (Wildman–Crippen MR) is 112 cm³/mol. The van der Waals surface area contributed by atoms with Crippen molar-refractivity contribution in [2.24, 2.45) is 0 Å². The lowest BCUT2D eigenvalue weighted by Gasteiger charge is -2.36. The summed E-state index contributed by atoms with van der Waals surface area (Å²) in [6, 6.07) is 11.4. The molecular formula is C19H19Cl2N3O2S. The fourth-order valence-corrected chi connectivity index (χ4v) is 3.82. The molecule has 0 aromatic heterocycles. The second-order valence-corrected chi connectivity index (χ2v) is 7.74. The summed E-state index contributed by atoms with van der Waals surface area (Å²) in [5, 5.41) is 5.10. The molecule has 2 aromatic rings. The SMILES string of the molecule is S=C(Nc1cc(Cl)ccc1Cl)N1CCN(Cc2ccc3c(c2)OCO3)CC1. The van der Waals surface area contributed by atoms with E-state index >= 15 is 0 Å². The van der Waals surface area contributed by atoms with E-state index < -0.39 is 0 Å². The van der Waals surface area contributed by atoms with E-state index in [1.165, 1.54) is 5.56 Å². The normalized spacial score (nSPS) is 16.4. The molecule has 1 N–H and O–H groups in total. The van der Waals surface area contributed by atoms with Crippen molar-refractivity contribution in [3.05, 3.63) is 52.0 Å². The Hall–Kier alpha value is -1.73. The number of nitrogens with one attached hydrogen (secondary N) is 1. The summed E-state index contributed by atoms with van der Waals surface area (Å²) in [5.41, 5.74) is 1.95. The molecule has 0 spiro atoms. The van der Waals surface area contributed by atoms with Crippen LogP contribution in [0.15, 0.2) is 36.4 Å². The minimum absolute atomic E-state index is 0.304. The second kappa shape index (κ2) is 8.10. The van der Waals surface area contributed by atoms with Crippen molar-refractivity contribution in [1.82, 2.24) is 9.80 Å². The third-order valence-electron chi connectivity index (χ3n) is 4.67. The van der Waals surface area contributed by atoms with Crippen molar-refractivity contribution in [1.29, 1.82) is 0 Å². The van der Waals surface area contributed by atoms with Crippen LogP contribution < -0.4 is 14.8 Å². The molecule has 0 amide bonds. The van der Waals surface area contributed by atoms with Crippen LogP contribution in [0.5, 0.6) is 11.5 Å². The van der Waals surface area contributed by atoms with E-state index in [1.54, 1.807) is 18.2 Å². The number of ether oxygens (including phenoxy) is 2. The Morgan fingerprint density at radius 3 is 2.59 bits per heavy atom. The summed E-state index contributed by atoms with van der Waals surface area (Å²) in [7, 11) is 0. The van der Waals surface area contributed by atoms with Crippen molar-refractivity contribution in [3.8, 4) is 11.5 Å². The first kappa shape index (κ1) is 18.6. The number of fused-ring (bicyclic) bond motifs is 1. The van der Waals surface area contributed by atoms with Gasteiger partial charge in [0.05, 0.1) is 10.7 Å². The minimum atomic E-state index is 0.304. The number of halogens is 2. The molecule has 2 aromatic carbocycles. The number of nitrogens with zero attached hydrogens (tertiary/aromatic N) is 2. The van der Waals surface area contributed by atoms with E-state index in [1.807, 2.05) is 6.07 Å². The van der Waals surface area contributed by atoms with Crippen LogP contribution in [0.25, 0.3) is 0 Å². The first-order chi connectivity index (χ1) is 13.1. The van der Waals surface area contributed by atoms with Gasteiger partial charge in [-0.1, -0.05) is 29.3 Å². The molecule has 1 saturated heterocycles. The molecule has 5 nitrogen and oxygen atoms in total. The molecule has 0 bridgehead atoms. The van der Waals surface area contributed by atoms with Gasteiger partial charge in [-0.3, -0.25) is 4.90 Å². The van der Waals surface area contributed by atoms with Gasteiger partial charge in [0.25, 0.3) is 0 Å². The summed E-state index contributed by atoms with van der Waals surface area (Å²) < 4.78 is 10.8. The maximum Gasteiger partial charge on any atom is 0.231 e. The van der Waals surface area contributed by atoms with Gasteiger partial charge in [-0.2, -0.15) is 0 Å². The Bertz CT molecular complexity index is 857. The van der Waals surface area contributed by atoms with E-state index in [0.29, 0.717) is 22.0 Å². The van der Waals surface area contributed by atoms with E-state index in [4.69, 9.17) is 44.9 Å². The average Bonchev–Trinajstić information content (AvgIpc) is 3.13. The number of anilines is 1. The lowest BCUT2D eigenvalue weighted by atomic mass is 10.1. The lowest BCUT2D eigenvalue weighted by molar-refractivity contribution is 0.173. The van der Waals surface area contributed by atoms with Crippen molar-refractivity contribution >= 4 is 46.2 Å². The summed E-state index contributed by atoms with van der Waals surface area (Å²) in [6.07, 6.45) is 0. The molecule has 2 aliphatic heterocycles. The first-order valence-electron chi connectivity index (χ1n) is 8.70. The zero-order chi connectivity index (χ0) is 18.8. The molecule has 1 fully saturated rings. The van der Waals surface area contributed by atoms with Crippen LogP contribution in [0.3, 0.4) is 0 Å². The van der Waals surface area contributed by atoms with E-state index in [9.17, 15) is 0 Å².